The molecule has 2 fully saturated rings. The monoisotopic (exact) mass is 388 g/mol. The van der Waals surface area contributed by atoms with Crippen molar-refractivity contribution >= 4 is 23.5 Å². The van der Waals surface area contributed by atoms with Crippen molar-refractivity contribution in [1.82, 2.24) is 4.90 Å². The fourth-order valence-electron chi connectivity index (χ4n) is 3.83. The van der Waals surface area contributed by atoms with Gasteiger partial charge < -0.3 is 19.7 Å². The van der Waals surface area contributed by atoms with Gasteiger partial charge in [0.1, 0.15) is 5.75 Å². The third kappa shape index (κ3) is 4.82. The van der Waals surface area contributed by atoms with Gasteiger partial charge in [0, 0.05) is 24.7 Å². The van der Waals surface area contributed by atoms with Crippen molar-refractivity contribution in [3.63, 3.8) is 0 Å². The second-order valence-corrected chi connectivity index (χ2v) is 7.41. The molecule has 0 unspecified atom stereocenters. The van der Waals surface area contributed by atoms with E-state index < -0.39 is 23.9 Å². The Labute approximate surface area is 165 Å². The molecule has 1 N–H and O–H groups in total. The molecular formula is C21H28N2O5. The molecule has 2 atom stereocenters. The van der Waals surface area contributed by atoms with Gasteiger partial charge in [0.25, 0.3) is 5.91 Å². The molecule has 152 valence electrons. The van der Waals surface area contributed by atoms with Gasteiger partial charge in [-0.3, -0.25) is 14.4 Å². The van der Waals surface area contributed by atoms with Gasteiger partial charge in [0.2, 0.25) is 5.91 Å². The number of nitrogens with zero attached hydrogens (tertiary/aromatic N) is 1. The lowest BCUT2D eigenvalue weighted by Gasteiger charge is -2.24. The highest BCUT2D eigenvalue weighted by atomic mass is 16.5. The Bertz CT molecular complexity index is 712. The van der Waals surface area contributed by atoms with E-state index in [1.807, 2.05) is 11.8 Å². The quantitative estimate of drug-likeness (QED) is 0.726. The summed E-state index contributed by atoms with van der Waals surface area (Å²) >= 11 is 0. The number of anilines is 1. The minimum absolute atomic E-state index is 0.0142. The lowest BCUT2D eigenvalue weighted by molar-refractivity contribution is -0.157. The first-order valence-corrected chi connectivity index (χ1v) is 10.0. The average Bonchev–Trinajstić information content (AvgIpc) is 3.33. The topological polar surface area (TPSA) is 84.9 Å². The predicted octanol–water partition coefficient (Wildman–Crippen LogP) is 2.75. The minimum Gasteiger partial charge on any atom is -0.494 e. The molecule has 7 nitrogen and oxygen atoms in total. The van der Waals surface area contributed by atoms with Crippen LogP contribution < -0.4 is 10.1 Å². The van der Waals surface area contributed by atoms with Crippen LogP contribution in [0.3, 0.4) is 0 Å². The van der Waals surface area contributed by atoms with Gasteiger partial charge in [-0.2, -0.15) is 0 Å². The maximum atomic E-state index is 12.4. The summed E-state index contributed by atoms with van der Waals surface area (Å²) < 4.78 is 10.7. The summed E-state index contributed by atoms with van der Waals surface area (Å²) in [5.41, 5.74) is 0.597. The Morgan fingerprint density at radius 2 is 1.89 bits per heavy atom. The lowest BCUT2D eigenvalue weighted by atomic mass is 10.1. The van der Waals surface area contributed by atoms with E-state index >= 15 is 0 Å². The van der Waals surface area contributed by atoms with Crippen LogP contribution in [0.25, 0.3) is 0 Å². The molecule has 2 amide bonds. The van der Waals surface area contributed by atoms with Crippen LogP contribution in [-0.2, 0) is 19.1 Å². The SMILES string of the molecule is CCOc1ccc(NC(=O)[C@H](C)OC(=O)[C@@H]2CC(=O)N(C3CCCC3)C2)cc1. The van der Waals surface area contributed by atoms with Crippen LogP contribution >= 0.6 is 0 Å². The number of rotatable bonds is 7. The maximum Gasteiger partial charge on any atom is 0.312 e. The number of likely N-dealkylation sites (tertiary alicyclic amines) is 1. The molecule has 1 aromatic rings. The van der Waals surface area contributed by atoms with E-state index in [1.165, 1.54) is 6.92 Å². The number of benzene rings is 1. The van der Waals surface area contributed by atoms with E-state index in [4.69, 9.17) is 9.47 Å². The van der Waals surface area contributed by atoms with Gasteiger partial charge in [0.15, 0.2) is 6.10 Å². The summed E-state index contributed by atoms with van der Waals surface area (Å²) in [5, 5.41) is 2.72. The third-order valence-corrected chi connectivity index (χ3v) is 5.35. The van der Waals surface area contributed by atoms with Crippen LogP contribution in [0.2, 0.25) is 0 Å². The zero-order chi connectivity index (χ0) is 20.1. The van der Waals surface area contributed by atoms with Gasteiger partial charge in [-0.1, -0.05) is 12.8 Å². The predicted molar refractivity (Wildman–Crippen MR) is 104 cm³/mol. The Morgan fingerprint density at radius 3 is 2.54 bits per heavy atom. The van der Waals surface area contributed by atoms with Crippen molar-refractivity contribution in [2.24, 2.45) is 5.92 Å². The zero-order valence-electron chi connectivity index (χ0n) is 16.5. The number of hydrogen-bond acceptors (Lipinski definition) is 5. The van der Waals surface area contributed by atoms with E-state index in [-0.39, 0.29) is 18.4 Å². The van der Waals surface area contributed by atoms with E-state index in [1.54, 1.807) is 24.3 Å². The molecule has 1 heterocycles. The molecule has 0 radical (unpaired) electrons. The number of carbonyl (C=O) groups is 3. The average molecular weight is 388 g/mol. The molecule has 28 heavy (non-hydrogen) atoms. The highest BCUT2D eigenvalue weighted by Crippen LogP contribution is 2.30. The molecule has 1 aliphatic carbocycles. The summed E-state index contributed by atoms with van der Waals surface area (Å²) in [6, 6.07) is 7.24. The minimum atomic E-state index is -0.935. The highest BCUT2D eigenvalue weighted by Gasteiger charge is 2.40. The molecule has 7 heteroatoms. The van der Waals surface area contributed by atoms with Crippen LogP contribution in [0.15, 0.2) is 24.3 Å². The molecular weight excluding hydrogens is 360 g/mol. The Kier molecular flexibility index (Phi) is 6.54. The summed E-state index contributed by atoms with van der Waals surface area (Å²) in [6.07, 6.45) is 3.51. The van der Waals surface area contributed by atoms with Gasteiger partial charge in [-0.15, -0.1) is 0 Å². The van der Waals surface area contributed by atoms with E-state index in [9.17, 15) is 14.4 Å². The van der Waals surface area contributed by atoms with Crippen molar-refractivity contribution in [3.05, 3.63) is 24.3 Å². The molecule has 1 saturated heterocycles. The van der Waals surface area contributed by atoms with E-state index in [2.05, 4.69) is 5.32 Å². The van der Waals surface area contributed by atoms with Crippen LogP contribution in [0, 0.1) is 5.92 Å². The van der Waals surface area contributed by atoms with Crippen molar-refractivity contribution < 1.29 is 23.9 Å². The van der Waals surface area contributed by atoms with Gasteiger partial charge in [-0.25, -0.2) is 0 Å². The number of amides is 2. The fourth-order valence-corrected chi connectivity index (χ4v) is 3.83. The van der Waals surface area contributed by atoms with Crippen LogP contribution in [0.4, 0.5) is 5.69 Å². The molecule has 2 aliphatic rings. The second-order valence-electron chi connectivity index (χ2n) is 7.41. The first-order valence-electron chi connectivity index (χ1n) is 10.0. The fraction of sp³-hybridized carbons (Fsp3) is 0.571. The second kappa shape index (κ2) is 9.08. The highest BCUT2D eigenvalue weighted by molar-refractivity contribution is 5.95. The summed E-state index contributed by atoms with van der Waals surface area (Å²) in [7, 11) is 0. The number of hydrogen-bond donors (Lipinski definition) is 1. The van der Waals surface area contributed by atoms with Gasteiger partial charge >= 0.3 is 5.97 Å². The number of esters is 1. The first-order chi connectivity index (χ1) is 13.5. The molecule has 0 bridgehead atoms. The molecule has 0 aromatic heterocycles. The maximum absolute atomic E-state index is 12.4. The van der Waals surface area contributed by atoms with Crippen molar-refractivity contribution in [2.75, 3.05) is 18.5 Å². The number of ether oxygens (including phenoxy) is 2. The van der Waals surface area contributed by atoms with Crippen LogP contribution in [-0.4, -0.2) is 48.0 Å². The Balaban J connectivity index is 1.49. The van der Waals surface area contributed by atoms with Crippen molar-refractivity contribution in [2.45, 2.75) is 58.1 Å². The van der Waals surface area contributed by atoms with Crippen molar-refractivity contribution in [1.29, 1.82) is 0 Å². The molecule has 1 aliphatic heterocycles. The molecule has 3 rings (SSSR count). The third-order valence-electron chi connectivity index (χ3n) is 5.35. The number of nitrogens with one attached hydrogen (secondary N) is 1. The van der Waals surface area contributed by atoms with Crippen LogP contribution in [0.1, 0.15) is 46.0 Å². The van der Waals surface area contributed by atoms with Crippen molar-refractivity contribution in [3.8, 4) is 5.75 Å². The number of carbonyl (C=O) groups excluding carboxylic acids is 3. The van der Waals surface area contributed by atoms with E-state index in [0.29, 0.717) is 18.8 Å². The first kappa shape index (κ1) is 20.2. The van der Waals surface area contributed by atoms with Crippen LogP contribution in [0.5, 0.6) is 5.75 Å². The summed E-state index contributed by atoms with van der Waals surface area (Å²) in [5.74, 6) is -0.649. The molecule has 1 saturated carbocycles. The van der Waals surface area contributed by atoms with E-state index in [0.717, 1.165) is 31.4 Å². The standard InChI is InChI=1S/C21H28N2O5/c1-3-27-18-10-8-16(9-11-18)22-20(25)14(2)28-21(26)15-12-19(24)23(13-15)17-6-4-5-7-17/h8-11,14-15,17H,3-7,12-13H2,1-2H3,(H,22,25)/t14-,15+/m0/s1. The largest absolute Gasteiger partial charge is 0.494 e. The zero-order valence-corrected chi connectivity index (χ0v) is 16.5. The van der Waals surface area contributed by atoms with Gasteiger partial charge in [-0.05, 0) is 51.0 Å². The summed E-state index contributed by atoms with van der Waals surface area (Å²) in [6.45, 7) is 4.40. The molecule has 1 aromatic carbocycles. The van der Waals surface area contributed by atoms with Gasteiger partial charge in [0.05, 0.1) is 12.5 Å². The smallest absolute Gasteiger partial charge is 0.312 e. The Morgan fingerprint density at radius 1 is 1.21 bits per heavy atom. The normalized spacial score (nSPS) is 20.9. The Hall–Kier alpha value is -2.57. The molecule has 0 spiro atoms. The summed E-state index contributed by atoms with van der Waals surface area (Å²) in [4.78, 5) is 38.8. The lowest BCUT2D eigenvalue weighted by Crippen LogP contribution is -2.36.